The number of nitrogens with zero attached hydrogens (tertiary/aromatic N) is 2. The Bertz CT molecular complexity index is 763. The van der Waals surface area contributed by atoms with Crippen LogP contribution in [0, 0.1) is 6.92 Å². The monoisotopic (exact) mass is 393 g/mol. The normalized spacial score (nSPS) is 12.4. The lowest BCUT2D eigenvalue weighted by molar-refractivity contribution is 0.295. The quantitative estimate of drug-likeness (QED) is 0.605. The van der Waals surface area contributed by atoms with Crippen molar-refractivity contribution in [2.24, 2.45) is 0 Å². The number of fused-ring (bicyclic) bond motifs is 1. The fourth-order valence-corrected chi connectivity index (χ4v) is 3.73. The molecule has 0 aliphatic rings. The molecule has 0 radical (unpaired) electrons. The molecule has 0 spiro atoms. The Hall–Kier alpha value is -1.72. The van der Waals surface area contributed by atoms with E-state index in [1.165, 1.54) is 0 Å². The molecule has 1 aromatic carbocycles. The molecule has 0 saturated heterocycles. The van der Waals surface area contributed by atoms with Crippen LogP contribution in [-0.2, 0) is 0 Å². The van der Waals surface area contributed by atoms with Crippen molar-refractivity contribution in [3.05, 3.63) is 22.8 Å². The second kappa shape index (κ2) is 10.00. The van der Waals surface area contributed by atoms with Gasteiger partial charge < -0.3 is 19.7 Å². The molecule has 2 aromatic rings. The molecule has 1 atom stereocenters. The molecule has 0 fully saturated rings. The molecule has 0 bridgehead atoms. The highest BCUT2D eigenvalue weighted by atomic mass is 35.5. The van der Waals surface area contributed by atoms with E-state index in [2.05, 4.69) is 36.0 Å². The van der Waals surface area contributed by atoms with Crippen LogP contribution in [0.3, 0.4) is 0 Å². The van der Waals surface area contributed by atoms with Crippen molar-refractivity contribution in [1.82, 2.24) is 9.88 Å². The van der Waals surface area contributed by atoms with Gasteiger partial charge in [-0.1, -0.05) is 25.4 Å². The molecular weight excluding hydrogens is 362 g/mol. The minimum absolute atomic E-state index is 0.300. The van der Waals surface area contributed by atoms with E-state index in [-0.39, 0.29) is 0 Å². The Morgan fingerprint density at radius 3 is 2.48 bits per heavy atom. The number of benzene rings is 1. The van der Waals surface area contributed by atoms with E-state index >= 15 is 0 Å². The molecule has 0 aliphatic heterocycles. The van der Waals surface area contributed by atoms with Gasteiger partial charge in [-0.25, -0.2) is 4.98 Å². The largest absolute Gasteiger partial charge is 0.494 e. The van der Waals surface area contributed by atoms with Crippen LogP contribution in [0.4, 0.5) is 5.69 Å². The van der Waals surface area contributed by atoms with Crippen LogP contribution in [0.15, 0.2) is 12.1 Å². The third-order valence-electron chi connectivity index (χ3n) is 4.91. The number of rotatable bonds is 10. The smallest absolute Gasteiger partial charge is 0.153 e. The summed E-state index contributed by atoms with van der Waals surface area (Å²) in [5, 5.41) is 4.97. The van der Waals surface area contributed by atoms with E-state index in [1.54, 1.807) is 14.2 Å². The molecule has 0 saturated carbocycles. The minimum Gasteiger partial charge on any atom is -0.494 e. The van der Waals surface area contributed by atoms with Gasteiger partial charge >= 0.3 is 0 Å². The first-order chi connectivity index (χ1) is 12.9. The summed E-state index contributed by atoms with van der Waals surface area (Å²) in [6.07, 6.45) is 2.21. The zero-order chi connectivity index (χ0) is 20.0. The molecule has 0 unspecified atom stereocenters. The van der Waals surface area contributed by atoms with E-state index in [0.717, 1.165) is 54.8 Å². The van der Waals surface area contributed by atoms with Crippen molar-refractivity contribution in [1.29, 1.82) is 0 Å². The zero-order valence-electron chi connectivity index (χ0n) is 17.4. The number of hydrogen-bond donors (Lipinski definition) is 1. The Labute approximate surface area is 168 Å². The van der Waals surface area contributed by atoms with E-state index in [1.807, 2.05) is 19.1 Å². The highest BCUT2D eigenvalue weighted by Gasteiger charge is 2.19. The first-order valence-electron chi connectivity index (χ1n) is 9.65. The highest BCUT2D eigenvalue weighted by Crippen LogP contribution is 2.43. The molecule has 150 valence electrons. The Kier molecular flexibility index (Phi) is 7.99. The second-order valence-corrected chi connectivity index (χ2v) is 7.25. The molecular formula is C21H32ClN3O2. The fourth-order valence-electron chi connectivity index (χ4n) is 3.40. The molecule has 6 heteroatoms. The highest BCUT2D eigenvalue weighted by molar-refractivity contribution is 6.36. The molecule has 5 nitrogen and oxygen atoms in total. The third-order valence-corrected chi connectivity index (χ3v) is 5.21. The van der Waals surface area contributed by atoms with E-state index in [0.29, 0.717) is 22.6 Å². The number of methoxy groups -OCH3 is 2. The topological polar surface area (TPSA) is 46.6 Å². The van der Waals surface area contributed by atoms with Crippen LogP contribution in [0.5, 0.6) is 11.5 Å². The second-order valence-electron chi connectivity index (χ2n) is 6.84. The summed E-state index contributed by atoms with van der Waals surface area (Å²) in [4.78, 5) is 7.05. The predicted molar refractivity (Wildman–Crippen MR) is 115 cm³/mol. The van der Waals surface area contributed by atoms with Gasteiger partial charge in [0.25, 0.3) is 0 Å². The fraction of sp³-hybridized carbons (Fsp3) is 0.571. The van der Waals surface area contributed by atoms with Gasteiger partial charge in [-0.2, -0.15) is 0 Å². The number of aryl methyl sites for hydroxylation is 1. The number of ether oxygens (including phenoxy) is 2. The van der Waals surface area contributed by atoms with Crippen molar-refractivity contribution in [3.63, 3.8) is 0 Å². The number of nitrogens with one attached hydrogen (secondary N) is 1. The zero-order valence-corrected chi connectivity index (χ0v) is 18.1. The van der Waals surface area contributed by atoms with Crippen molar-refractivity contribution in [2.45, 2.75) is 46.6 Å². The SMILES string of the molecule is CCN(CC)CCC[C@H](C)Nc1cc(OC)c2nc(C)cc(Cl)c2c1OC. The van der Waals surface area contributed by atoms with E-state index in [9.17, 15) is 0 Å². The van der Waals surface area contributed by atoms with Crippen LogP contribution in [-0.4, -0.2) is 49.8 Å². The summed E-state index contributed by atoms with van der Waals surface area (Å²) in [5.74, 6) is 1.40. The number of hydrogen-bond acceptors (Lipinski definition) is 5. The van der Waals surface area contributed by atoms with Gasteiger partial charge in [-0.3, -0.25) is 0 Å². The predicted octanol–water partition coefficient (Wildman–Crippen LogP) is 5.14. The Balaban J connectivity index is 2.27. The standard InChI is InChI=1S/C21H32ClN3O2/c1-7-25(8-2)11-9-10-14(3)23-17-13-18(26-5)20-19(21(17)27-6)16(22)12-15(4)24-20/h12-14,23H,7-11H2,1-6H3/t14-/m0/s1. The van der Waals surface area contributed by atoms with Gasteiger partial charge in [0.05, 0.1) is 30.3 Å². The van der Waals surface area contributed by atoms with E-state index in [4.69, 9.17) is 21.1 Å². The maximum Gasteiger partial charge on any atom is 0.153 e. The first-order valence-corrected chi connectivity index (χ1v) is 10.0. The number of pyridine rings is 1. The Morgan fingerprint density at radius 1 is 1.19 bits per heavy atom. The third kappa shape index (κ3) is 5.17. The lowest BCUT2D eigenvalue weighted by atomic mass is 10.1. The summed E-state index contributed by atoms with van der Waals surface area (Å²) in [7, 11) is 3.31. The molecule has 1 N–H and O–H groups in total. The van der Waals surface area contributed by atoms with E-state index < -0.39 is 0 Å². The molecule has 0 aliphatic carbocycles. The maximum atomic E-state index is 6.53. The van der Waals surface area contributed by atoms with Crippen molar-refractivity contribution in [2.75, 3.05) is 39.2 Å². The number of anilines is 1. The molecule has 0 amide bonds. The van der Waals surface area contributed by atoms with Crippen LogP contribution < -0.4 is 14.8 Å². The first kappa shape index (κ1) is 21.6. The van der Waals surface area contributed by atoms with Gasteiger partial charge in [0.2, 0.25) is 0 Å². The van der Waals surface area contributed by atoms with Gasteiger partial charge in [0, 0.05) is 17.8 Å². The molecule has 1 heterocycles. The molecule has 1 aromatic heterocycles. The number of halogens is 1. The number of aromatic nitrogens is 1. The summed E-state index contributed by atoms with van der Waals surface area (Å²) in [6, 6.07) is 4.10. The molecule has 27 heavy (non-hydrogen) atoms. The van der Waals surface area contributed by atoms with Gasteiger partial charge in [-0.15, -0.1) is 0 Å². The van der Waals surface area contributed by atoms with Crippen LogP contribution in [0.1, 0.15) is 39.3 Å². The molecule has 2 rings (SSSR count). The van der Waals surface area contributed by atoms with Crippen LogP contribution >= 0.6 is 11.6 Å². The lowest BCUT2D eigenvalue weighted by Crippen LogP contribution is -2.25. The summed E-state index contributed by atoms with van der Waals surface area (Å²) in [6.45, 7) is 11.8. The van der Waals surface area contributed by atoms with Crippen LogP contribution in [0.2, 0.25) is 5.02 Å². The minimum atomic E-state index is 0.300. The lowest BCUT2D eigenvalue weighted by Gasteiger charge is -2.22. The average molecular weight is 394 g/mol. The van der Waals surface area contributed by atoms with Crippen molar-refractivity contribution in [3.8, 4) is 11.5 Å². The summed E-state index contributed by atoms with van der Waals surface area (Å²) >= 11 is 6.53. The maximum absolute atomic E-state index is 6.53. The Morgan fingerprint density at radius 2 is 1.89 bits per heavy atom. The summed E-state index contributed by atoms with van der Waals surface area (Å²) in [5.41, 5.74) is 2.45. The van der Waals surface area contributed by atoms with Gasteiger partial charge in [-0.05, 0) is 52.4 Å². The van der Waals surface area contributed by atoms with Gasteiger partial charge in [0.15, 0.2) is 5.75 Å². The van der Waals surface area contributed by atoms with Crippen molar-refractivity contribution >= 4 is 28.2 Å². The van der Waals surface area contributed by atoms with Crippen molar-refractivity contribution < 1.29 is 9.47 Å². The summed E-state index contributed by atoms with van der Waals surface area (Å²) < 4.78 is 11.3. The van der Waals surface area contributed by atoms with Crippen LogP contribution in [0.25, 0.3) is 10.9 Å². The average Bonchev–Trinajstić information content (AvgIpc) is 2.64. The van der Waals surface area contributed by atoms with Gasteiger partial charge in [0.1, 0.15) is 11.3 Å².